The van der Waals surface area contributed by atoms with Gasteiger partial charge >= 0.3 is 5.97 Å². The number of carboxylic acids is 1. The summed E-state index contributed by atoms with van der Waals surface area (Å²) in [6.07, 6.45) is 2.48. The predicted octanol–water partition coefficient (Wildman–Crippen LogP) is 0.864. The fourth-order valence-corrected chi connectivity index (χ4v) is 2.22. The van der Waals surface area contributed by atoms with E-state index in [1.165, 1.54) is 11.2 Å². The molecule has 1 aliphatic heterocycles. The lowest BCUT2D eigenvalue weighted by molar-refractivity contribution is -0.147. The van der Waals surface area contributed by atoms with Crippen LogP contribution in [0, 0.1) is 6.92 Å². The molecule has 1 aromatic heterocycles. The monoisotopic (exact) mass is 249 g/mol. The summed E-state index contributed by atoms with van der Waals surface area (Å²) in [5.41, 5.74) is -0.197. The topological polar surface area (TPSA) is 83.4 Å². The van der Waals surface area contributed by atoms with Crippen LogP contribution in [0.1, 0.15) is 35.9 Å². The fraction of sp³-hybridized carbons (Fsp3) is 0.500. The third kappa shape index (κ3) is 1.94. The maximum Gasteiger partial charge on any atom is 0.329 e. The number of aliphatic carboxylic acids is 1. The highest BCUT2D eigenvalue weighted by molar-refractivity contribution is 5.96. The minimum absolute atomic E-state index is 0.247. The number of nitrogens with zero attached hydrogens (tertiary/aromatic N) is 3. The molecule has 0 radical (unpaired) electrons. The zero-order valence-electron chi connectivity index (χ0n) is 10.4. The van der Waals surface area contributed by atoms with Gasteiger partial charge in [-0.15, -0.1) is 0 Å². The van der Waals surface area contributed by atoms with Crippen LogP contribution in [0.2, 0.25) is 0 Å². The molecule has 1 amide bonds. The van der Waals surface area contributed by atoms with E-state index in [1.807, 2.05) is 0 Å². The Bertz CT molecular complexity index is 503. The molecule has 96 valence electrons. The average Bonchev–Trinajstić information content (AvgIpc) is 2.72. The Hall–Kier alpha value is -1.98. The first-order valence-electron chi connectivity index (χ1n) is 5.79. The summed E-state index contributed by atoms with van der Waals surface area (Å²) in [5, 5.41) is 9.27. The molecule has 1 unspecified atom stereocenters. The molecule has 0 spiro atoms. The van der Waals surface area contributed by atoms with Crippen LogP contribution in [0.4, 0.5) is 0 Å². The number of carboxylic acid groups (broad SMARTS) is 1. The summed E-state index contributed by atoms with van der Waals surface area (Å²) >= 11 is 0. The number of carbonyl (C=O) groups excluding carboxylic acids is 1. The molecule has 2 rings (SSSR count). The molecular formula is C12H15N3O3. The summed E-state index contributed by atoms with van der Waals surface area (Å²) < 4.78 is 0. The highest BCUT2D eigenvalue weighted by Gasteiger charge is 2.46. The van der Waals surface area contributed by atoms with Crippen LogP contribution in [0.5, 0.6) is 0 Å². The van der Waals surface area contributed by atoms with Crippen molar-refractivity contribution >= 4 is 11.9 Å². The summed E-state index contributed by atoms with van der Waals surface area (Å²) in [6.45, 7) is 3.79. The zero-order valence-corrected chi connectivity index (χ0v) is 10.4. The quantitative estimate of drug-likeness (QED) is 0.840. The molecular weight excluding hydrogens is 234 g/mol. The predicted molar refractivity (Wildman–Crippen MR) is 63.1 cm³/mol. The Morgan fingerprint density at radius 2 is 2.17 bits per heavy atom. The van der Waals surface area contributed by atoms with Gasteiger partial charge in [0.1, 0.15) is 17.6 Å². The fourth-order valence-electron chi connectivity index (χ4n) is 2.22. The lowest BCUT2D eigenvalue weighted by Crippen LogP contribution is -2.51. The summed E-state index contributed by atoms with van der Waals surface area (Å²) in [6, 6.07) is 1.57. The van der Waals surface area contributed by atoms with E-state index in [0.29, 0.717) is 25.1 Å². The van der Waals surface area contributed by atoms with Crippen molar-refractivity contribution in [2.24, 2.45) is 0 Å². The molecule has 0 bridgehead atoms. The molecule has 1 atom stereocenters. The van der Waals surface area contributed by atoms with E-state index in [9.17, 15) is 14.7 Å². The lowest BCUT2D eigenvalue weighted by Gasteiger charge is -2.30. The summed E-state index contributed by atoms with van der Waals surface area (Å²) in [5.74, 6) is -1.32. The second-order valence-electron chi connectivity index (χ2n) is 4.68. The van der Waals surface area contributed by atoms with Crippen molar-refractivity contribution in [2.45, 2.75) is 32.2 Å². The molecule has 1 aromatic rings. The first-order chi connectivity index (χ1) is 8.45. The van der Waals surface area contributed by atoms with Gasteiger partial charge in [-0.25, -0.2) is 14.8 Å². The smallest absolute Gasteiger partial charge is 0.329 e. The maximum atomic E-state index is 12.3. The Labute approximate surface area is 105 Å². The Morgan fingerprint density at radius 3 is 2.78 bits per heavy atom. The van der Waals surface area contributed by atoms with Crippen molar-refractivity contribution in [1.29, 1.82) is 0 Å². The van der Waals surface area contributed by atoms with E-state index < -0.39 is 11.5 Å². The Morgan fingerprint density at radius 1 is 1.44 bits per heavy atom. The van der Waals surface area contributed by atoms with Crippen molar-refractivity contribution in [2.75, 3.05) is 6.54 Å². The highest BCUT2D eigenvalue weighted by atomic mass is 16.4. The maximum absolute atomic E-state index is 12.3. The molecule has 1 fully saturated rings. The number of aromatic nitrogens is 2. The Kier molecular flexibility index (Phi) is 3.02. The van der Waals surface area contributed by atoms with E-state index in [2.05, 4.69) is 9.97 Å². The summed E-state index contributed by atoms with van der Waals surface area (Å²) in [7, 11) is 0. The van der Waals surface area contributed by atoms with Crippen LogP contribution in [-0.2, 0) is 4.79 Å². The third-order valence-corrected chi connectivity index (χ3v) is 3.37. The molecule has 18 heavy (non-hydrogen) atoms. The lowest BCUT2D eigenvalue weighted by atomic mass is 9.99. The van der Waals surface area contributed by atoms with Crippen LogP contribution < -0.4 is 0 Å². The Balaban J connectivity index is 2.32. The second kappa shape index (κ2) is 4.36. The molecule has 6 heteroatoms. The zero-order chi connectivity index (χ0) is 13.3. The van der Waals surface area contributed by atoms with Gasteiger partial charge in [-0.3, -0.25) is 4.79 Å². The van der Waals surface area contributed by atoms with Gasteiger partial charge in [0, 0.05) is 12.2 Å². The van der Waals surface area contributed by atoms with Gasteiger partial charge in [-0.1, -0.05) is 0 Å². The van der Waals surface area contributed by atoms with Crippen LogP contribution in [0.3, 0.4) is 0 Å². The number of rotatable bonds is 2. The molecule has 0 saturated carbocycles. The van der Waals surface area contributed by atoms with Crippen molar-refractivity contribution in [1.82, 2.24) is 14.9 Å². The first-order valence-corrected chi connectivity index (χ1v) is 5.79. The number of aryl methyl sites for hydroxylation is 1. The van der Waals surface area contributed by atoms with E-state index in [4.69, 9.17) is 0 Å². The van der Waals surface area contributed by atoms with Crippen molar-refractivity contribution in [3.63, 3.8) is 0 Å². The van der Waals surface area contributed by atoms with Gasteiger partial charge in [0.05, 0.1) is 0 Å². The number of hydrogen-bond donors (Lipinski definition) is 1. The molecule has 0 aliphatic carbocycles. The first kappa shape index (κ1) is 12.5. The third-order valence-electron chi connectivity index (χ3n) is 3.37. The number of carbonyl (C=O) groups is 2. The van der Waals surface area contributed by atoms with E-state index >= 15 is 0 Å². The van der Waals surface area contributed by atoms with Gasteiger partial charge < -0.3 is 10.0 Å². The number of likely N-dealkylation sites (tertiary alicyclic amines) is 1. The highest BCUT2D eigenvalue weighted by Crippen LogP contribution is 2.30. The van der Waals surface area contributed by atoms with Gasteiger partial charge in [0.25, 0.3) is 5.91 Å². The van der Waals surface area contributed by atoms with Crippen molar-refractivity contribution in [3.05, 3.63) is 23.8 Å². The van der Waals surface area contributed by atoms with Gasteiger partial charge in [-0.2, -0.15) is 0 Å². The average molecular weight is 249 g/mol. The minimum atomic E-state index is -1.13. The van der Waals surface area contributed by atoms with Gasteiger partial charge in [0.2, 0.25) is 0 Å². The SMILES string of the molecule is Cc1cc(C(=O)N2CCCC2(C)C(=O)O)ncn1. The minimum Gasteiger partial charge on any atom is -0.480 e. The van der Waals surface area contributed by atoms with Gasteiger partial charge in [0.15, 0.2) is 0 Å². The standard InChI is InChI=1S/C12H15N3O3/c1-8-6-9(14-7-13-8)10(16)15-5-3-4-12(15,2)11(17)18/h6-7H,3-5H2,1-2H3,(H,17,18). The largest absolute Gasteiger partial charge is 0.480 e. The van der Waals surface area contributed by atoms with Gasteiger partial charge in [-0.05, 0) is 32.8 Å². The van der Waals surface area contributed by atoms with Crippen molar-refractivity contribution in [3.8, 4) is 0 Å². The number of hydrogen-bond acceptors (Lipinski definition) is 4. The second-order valence-corrected chi connectivity index (χ2v) is 4.68. The van der Waals surface area contributed by atoms with Crippen LogP contribution in [0.15, 0.2) is 12.4 Å². The van der Waals surface area contributed by atoms with E-state index in [-0.39, 0.29) is 11.6 Å². The van der Waals surface area contributed by atoms with Crippen LogP contribution in [0.25, 0.3) is 0 Å². The molecule has 1 aliphatic rings. The molecule has 2 heterocycles. The van der Waals surface area contributed by atoms with Crippen LogP contribution in [-0.4, -0.2) is 43.9 Å². The summed E-state index contributed by atoms with van der Waals surface area (Å²) in [4.78, 5) is 32.8. The van der Waals surface area contributed by atoms with E-state index in [1.54, 1.807) is 19.9 Å². The number of amides is 1. The molecule has 6 nitrogen and oxygen atoms in total. The van der Waals surface area contributed by atoms with Crippen molar-refractivity contribution < 1.29 is 14.7 Å². The molecule has 1 saturated heterocycles. The van der Waals surface area contributed by atoms with Crippen LogP contribution >= 0.6 is 0 Å². The molecule has 1 N–H and O–H groups in total. The molecule has 0 aromatic carbocycles. The normalized spacial score (nSPS) is 23.1. The van der Waals surface area contributed by atoms with E-state index in [0.717, 1.165) is 0 Å².